The molecule has 0 radical (unpaired) electrons. The topological polar surface area (TPSA) is 3.24 Å². The molecule has 1 unspecified atom stereocenters. The van der Waals surface area contributed by atoms with Crippen LogP contribution in [0.2, 0.25) is 0 Å². The largest absolute Gasteiger partial charge is 0.267 e. The quantitative estimate of drug-likeness (QED) is 0.517. The van der Waals surface area contributed by atoms with Gasteiger partial charge in [-0.25, -0.2) is 8.94 Å². The van der Waals surface area contributed by atoms with Gasteiger partial charge in [-0.3, -0.25) is 4.31 Å². The monoisotopic (exact) mass is 281 g/mol. The third-order valence-corrected chi connectivity index (χ3v) is 12.1. The average Bonchev–Trinajstić information content (AvgIpc) is 3.14. The van der Waals surface area contributed by atoms with Gasteiger partial charge in [-0.15, -0.1) is 0 Å². The molecule has 2 fully saturated rings. The van der Waals surface area contributed by atoms with Gasteiger partial charge in [0.05, 0.1) is 0 Å². The normalized spacial score (nSPS) is 33.9. The fourth-order valence-corrected chi connectivity index (χ4v) is 9.04. The van der Waals surface area contributed by atoms with Gasteiger partial charge in [0.15, 0.2) is 0 Å². The molecule has 0 aromatic carbocycles. The van der Waals surface area contributed by atoms with E-state index in [2.05, 4.69) is 56.3 Å². The Balaban J connectivity index is 2.26. The van der Waals surface area contributed by atoms with Crippen molar-refractivity contribution in [1.82, 2.24) is 4.31 Å². The van der Waals surface area contributed by atoms with Crippen LogP contribution in [0.4, 0.5) is 0 Å². The highest BCUT2D eigenvalue weighted by atomic mass is 32.3. The summed E-state index contributed by atoms with van der Waals surface area (Å²) in [4.78, 5) is 0. The van der Waals surface area contributed by atoms with Gasteiger partial charge >= 0.3 is 0 Å². The standard InChI is InChI=1S/C17H31NS/c1-6-9-13-18-14-16(4)19(18,5,8-3)15-17(10-7-2)11-12-17/h6-7,9-10,16H,5,8,11-15H2,1-4H3/b9-6-,10-7?. The summed E-state index contributed by atoms with van der Waals surface area (Å²) in [5, 5.41) is 0.801. The lowest BCUT2D eigenvalue weighted by atomic mass is 10.1. The molecule has 0 N–H and O–H groups in total. The first-order chi connectivity index (χ1) is 8.93. The Labute approximate surface area is 119 Å². The molecule has 2 heteroatoms. The minimum atomic E-state index is -1.62. The van der Waals surface area contributed by atoms with Crippen LogP contribution >= 0.6 is 8.94 Å². The Kier molecular flexibility index (Phi) is 3.88. The molecule has 0 amide bonds. The molecule has 0 aromatic rings. The predicted octanol–water partition coefficient (Wildman–Crippen LogP) is 4.33. The van der Waals surface area contributed by atoms with E-state index < -0.39 is 8.94 Å². The van der Waals surface area contributed by atoms with Gasteiger partial charge in [0, 0.05) is 18.3 Å². The third-order valence-electron chi connectivity index (χ3n) is 5.49. The third kappa shape index (κ3) is 2.27. The summed E-state index contributed by atoms with van der Waals surface area (Å²) < 4.78 is 2.73. The van der Waals surface area contributed by atoms with Crippen LogP contribution in [-0.2, 0) is 0 Å². The Hall–Kier alpha value is -0.340. The van der Waals surface area contributed by atoms with E-state index in [1.807, 2.05) is 0 Å². The maximum atomic E-state index is 4.91. The second-order valence-electron chi connectivity index (χ2n) is 6.63. The molecule has 2 rings (SSSR count). The highest BCUT2D eigenvalue weighted by Crippen LogP contribution is 2.75. The zero-order valence-electron chi connectivity index (χ0n) is 13.2. The van der Waals surface area contributed by atoms with Gasteiger partial charge in [0.2, 0.25) is 0 Å². The number of nitrogens with zero attached hydrogens (tertiary/aromatic N) is 1. The Morgan fingerprint density at radius 2 is 2.00 bits per heavy atom. The molecule has 1 saturated heterocycles. The van der Waals surface area contributed by atoms with E-state index in [0.29, 0.717) is 5.41 Å². The zero-order chi connectivity index (χ0) is 14.2. The van der Waals surface area contributed by atoms with Crippen LogP contribution in [0.5, 0.6) is 0 Å². The summed E-state index contributed by atoms with van der Waals surface area (Å²) in [5.74, 6) is 7.51. The van der Waals surface area contributed by atoms with Crippen molar-refractivity contribution in [3.63, 3.8) is 0 Å². The van der Waals surface area contributed by atoms with Crippen LogP contribution in [0.1, 0.15) is 40.5 Å². The first kappa shape index (κ1) is 15.1. The van der Waals surface area contributed by atoms with Gasteiger partial charge in [-0.05, 0) is 43.6 Å². The number of allylic oxidation sites excluding steroid dienone is 3. The molecule has 1 aliphatic heterocycles. The lowest BCUT2D eigenvalue weighted by molar-refractivity contribution is 0.430. The zero-order valence-corrected chi connectivity index (χ0v) is 14.0. The summed E-state index contributed by atoms with van der Waals surface area (Å²) in [5.41, 5.74) is 0.497. The van der Waals surface area contributed by atoms with Crippen LogP contribution in [-0.4, -0.2) is 40.0 Å². The minimum absolute atomic E-state index is 0.497. The Morgan fingerprint density at radius 1 is 1.32 bits per heavy atom. The predicted molar refractivity (Wildman–Crippen MR) is 92.5 cm³/mol. The van der Waals surface area contributed by atoms with Gasteiger partial charge in [0.25, 0.3) is 0 Å². The Bertz CT molecular complexity index is 456. The van der Waals surface area contributed by atoms with Crippen LogP contribution in [0, 0.1) is 5.41 Å². The first-order valence-corrected chi connectivity index (χ1v) is 10.3. The summed E-state index contributed by atoms with van der Waals surface area (Å²) >= 11 is 0. The van der Waals surface area contributed by atoms with Crippen molar-refractivity contribution in [2.75, 3.05) is 24.6 Å². The second-order valence-corrected chi connectivity index (χ2v) is 12.0. The SMILES string of the molecule is C=S1(CC)(CC2(C=CC)CC2)C(C)CN1C/C=C\C. The van der Waals surface area contributed by atoms with Crippen molar-refractivity contribution in [3.8, 4) is 0 Å². The van der Waals surface area contributed by atoms with Crippen molar-refractivity contribution in [1.29, 1.82) is 0 Å². The van der Waals surface area contributed by atoms with E-state index in [1.165, 1.54) is 30.9 Å². The summed E-state index contributed by atoms with van der Waals surface area (Å²) in [6, 6.07) is 0. The fraction of sp³-hybridized carbons (Fsp3) is 0.706. The smallest absolute Gasteiger partial charge is 0.0251 e. The minimum Gasteiger partial charge on any atom is -0.267 e. The first-order valence-electron chi connectivity index (χ1n) is 7.69. The lowest BCUT2D eigenvalue weighted by Crippen LogP contribution is -2.58. The molecule has 1 saturated carbocycles. The molecule has 110 valence electrons. The summed E-state index contributed by atoms with van der Waals surface area (Å²) in [6.45, 7) is 11.4. The van der Waals surface area contributed by atoms with E-state index in [1.54, 1.807) is 0 Å². The van der Waals surface area contributed by atoms with E-state index >= 15 is 0 Å². The highest BCUT2D eigenvalue weighted by Gasteiger charge is 2.55. The highest BCUT2D eigenvalue weighted by molar-refractivity contribution is 8.46. The van der Waals surface area contributed by atoms with Gasteiger partial charge < -0.3 is 0 Å². The lowest BCUT2D eigenvalue weighted by Gasteiger charge is -2.70. The molecule has 0 bridgehead atoms. The van der Waals surface area contributed by atoms with Crippen LogP contribution in [0.15, 0.2) is 24.3 Å². The van der Waals surface area contributed by atoms with Crippen molar-refractivity contribution in [3.05, 3.63) is 24.3 Å². The summed E-state index contributed by atoms with van der Waals surface area (Å²) in [6.07, 6.45) is 12.0. The molecule has 0 spiro atoms. The number of rotatable bonds is 6. The molecule has 1 heterocycles. The van der Waals surface area contributed by atoms with Crippen molar-refractivity contribution in [2.45, 2.75) is 45.8 Å². The maximum absolute atomic E-state index is 4.91. The van der Waals surface area contributed by atoms with Crippen molar-refractivity contribution < 1.29 is 0 Å². The average molecular weight is 282 g/mol. The molecule has 1 aliphatic carbocycles. The van der Waals surface area contributed by atoms with E-state index in [-0.39, 0.29) is 0 Å². The van der Waals surface area contributed by atoms with Crippen molar-refractivity contribution >= 4 is 14.8 Å². The van der Waals surface area contributed by atoms with E-state index in [0.717, 1.165) is 11.8 Å². The van der Waals surface area contributed by atoms with Crippen molar-refractivity contribution in [2.24, 2.45) is 5.41 Å². The number of hydrogen-bond donors (Lipinski definition) is 0. The van der Waals surface area contributed by atoms with Crippen LogP contribution < -0.4 is 0 Å². The fourth-order valence-electron chi connectivity index (χ4n) is 3.72. The molecule has 19 heavy (non-hydrogen) atoms. The molecular weight excluding hydrogens is 250 g/mol. The molecule has 0 aromatic heterocycles. The molecular formula is C17H31NS. The molecule has 1 atom stereocenters. The Morgan fingerprint density at radius 3 is 2.42 bits per heavy atom. The van der Waals surface area contributed by atoms with Gasteiger partial charge in [-0.2, -0.15) is 0 Å². The van der Waals surface area contributed by atoms with E-state index in [4.69, 9.17) is 5.87 Å². The molecule has 2 aliphatic rings. The summed E-state index contributed by atoms with van der Waals surface area (Å²) in [7, 11) is -1.62. The second kappa shape index (κ2) is 4.89. The van der Waals surface area contributed by atoms with Crippen LogP contribution in [0.3, 0.4) is 0 Å². The number of hydrogen-bond acceptors (Lipinski definition) is 1. The van der Waals surface area contributed by atoms with Crippen LogP contribution in [0.25, 0.3) is 0 Å². The van der Waals surface area contributed by atoms with E-state index in [9.17, 15) is 0 Å². The molecule has 1 nitrogen and oxygen atoms in total. The van der Waals surface area contributed by atoms with Gasteiger partial charge in [0.1, 0.15) is 0 Å². The maximum Gasteiger partial charge on any atom is 0.0251 e. The van der Waals surface area contributed by atoms with Gasteiger partial charge in [-0.1, -0.05) is 44.0 Å².